The van der Waals surface area contributed by atoms with Crippen molar-refractivity contribution >= 4 is 11.8 Å². The van der Waals surface area contributed by atoms with E-state index in [1.165, 1.54) is 50.4 Å². The Kier molecular flexibility index (Phi) is 7.75. The maximum Gasteiger partial charge on any atom is 0.247 e. The van der Waals surface area contributed by atoms with Gasteiger partial charge in [-0.15, -0.1) is 10.2 Å². The molecule has 0 spiro atoms. The number of nitrogens with zero attached hydrogens (tertiary/aromatic N) is 5. The van der Waals surface area contributed by atoms with Gasteiger partial charge in [0.05, 0.1) is 6.61 Å². The van der Waals surface area contributed by atoms with Gasteiger partial charge in [0.2, 0.25) is 11.8 Å². The number of rotatable bonds is 10. The number of hydrogen-bond donors (Lipinski definition) is 1. The summed E-state index contributed by atoms with van der Waals surface area (Å²) in [4.78, 5) is 6.79. The minimum Gasteiger partial charge on any atom is -0.494 e. The number of aromatic amines is 1. The summed E-state index contributed by atoms with van der Waals surface area (Å²) in [5, 5.41) is 16.1. The molecule has 1 unspecified atom stereocenters. The van der Waals surface area contributed by atoms with E-state index in [0.29, 0.717) is 16.9 Å². The van der Waals surface area contributed by atoms with Crippen LogP contribution in [0.4, 0.5) is 0 Å². The zero-order valence-corrected chi connectivity index (χ0v) is 20.7. The molecule has 2 aromatic carbocycles. The van der Waals surface area contributed by atoms with Crippen LogP contribution >= 0.6 is 11.8 Å². The van der Waals surface area contributed by atoms with Gasteiger partial charge < -0.3 is 14.1 Å². The number of aromatic nitrogens is 5. The van der Waals surface area contributed by atoms with Gasteiger partial charge in [-0.2, -0.15) is 5.10 Å². The van der Waals surface area contributed by atoms with Crippen LogP contribution in [0.15, 0.2) is 64.4 Å². The number of likely N-dealkylation sites (tertiary alicyclic amines) is 1. The van der Waals surface area contributed by atoms with Gasteiger partial charge in [-0.25, -0.2) is 4.98 Å². The van der Waals surface area contributed by atoms with Crippen molar-refractivity contribution in [2.45, 2.75) is 43.0 Å². The molecule has 2 aromatic heterocycles. The van der Waals surface area contributed by atoms with E-state index in [2.05, 4.69) is 49.3 Å². The van der Waals surface area contributed by atoms with Crippen LogP contribution in [0.2, 0.25) is 0 Å². The lowest BCUT2D eigenvalue weighted by atomic mass is 10.1. The minimum atomic E-state index is -0.201. The molecule has 8 nitrogen and oxygen atoms in total. The number of nitrogens with one attached hydrogen (secondary N) is 1. The molecule has 0 bridgehead atoms. The van der Waals surface area contributed by atoms with Crippen molar-refractivity contribution in [2.75, 3.05) is 26.2 Å². The predicted molar refractivity (Wildman–Crippen MR) is 135 cm³/mol. The molecule has 1 saturated heterocycles. The molecule has 0 radical (unpaired) electrons. The molecule has 1 atom stereocenters. The molecule has 0 amide bonds. The van der Waals surface area contributed by atoms with Crippen molar-refractivity contribution < 1.29 is 9.15 Å². The molecule has 1 fully saturated rings. The summed E-state index contributed by atoms with van der Waals surface area (Å²) in [6.07, 6.45) is 6.55. The highest BCUT2D eigenvalue weighted by atomic mass is 32.2. The van der Waals surface area contributed by atoms with E-state index in [1.807, 2.05) is 36.4 Å². The lowest BCUT2D eigenvalue weighted by molar-refractivity contribution is 0.205. The van der Waals surface area contributed by atoms with E-state index in [1.54, 1.807) is 0 Å². The molecule has 35 heavy (non-hydrogen) atoms. The Morgan fingerprint density at radius 2 is 1.89 bits per heavy atom. The number of aryl methyl sites for hydroxylation is 1. The Morgan fingerprint density at radius 3 is 2.66 bits per heavy atom. The van der Waals surface area contributed by atoms with Crippen LogP contribution in [0.3, 0.4) is 0 Å². The zero-order chi connectivity index (χ0) is 23.9. The first kappa shape index (κ1) is 23.6. The van der Waals surface area contributed by atoms with Crippen LogP contribution in [0.5, 0.6) is 5.75 Å². The van der Waals surface area contributed by atoms with E-state index < -0.39 is 0 Å². The van der Waals surface area contributed by atoms with Crippen molar-refractivity contribution in [2.24, 2.45) is 0 Å². The van der Waals surface area contributed by atoms with E-state index in [0.717, 1.165) is 42.0 Å². The van der Waals surface area contributed by atoms with Gasteiger partial charge in [0.15, 0.2) is 5.16 Å². The third-order valence-corrected chi connectivity index (χ3v) is 7.31. The molecule has 0 saturated carbocycles. The molecule has 0 aliphatic carbocycles. The Labute approximate surface area is 209 Å². The fourth-order valence-electron chi connectivity index (χ4n) is 4.30. The number of H-pyrrole nitrogens is 1. The Hall–Kier alpha value is -3.17. The first-order chi connectivity index (χ1) is 17.3. The molecule has 3 heterocycles. The highest BCUT2D eigenvalue weighted by Gasteiger charge is 2.25. The average molecular weight is 491 g/mol. The van der Waals surface area contributed by atoms with E-state index >= 15 is 0 Å². The van der Waals surface area contributed by atoms with Crippen LogP contribution in [0.25, 0.3) is 11.5 Å². The summed E-state index contributed by atoms with van der Waals surface area (Å²) < 4.78 is 12.1. The Morgan fingerprint density at radius 1 is 1.06 bits per heavy atom. The van der Waals surface area contributed by atoms with Gasteiger partial charge in [-0.1, -0.05) is 42.4 Å². The molecular formula is C26H30N6O2S. The molecule has 9 heteroatoms. The fraction of sp³-hybridized carbons (Fsp3) is 0.385. The zero-order valence-electron chi connectivity index (χ0n) is 19.9. The van der Waals surface area contributed by atoms with Gasteiger partial charge in [0.1, 0.15) is 17.3 Å². The van der Waals surface area contributed by atoms with Crippen LogP contribution in [0, 0.1) is 6.92 Å². The minimum absolute atomic E-state index is 0.201. The van der Waals surface area contributed by atoms with Gasteiger partial charge in [-0.3, -0.25) is 5.10 Å². The maximum absolute atomic E-state index is 6.14. The van der Waals surface area contributed by atoms with Gasteiger partial charge in [-0.05, 0) is 74.7 Å². The van der Waals surface area contributed by atoms with E-state index in [-0.39, 0.29) is 5.25 Å². The summed E-state index contributed by atoms with van der Waals surface area (Å²) in [7, 11) is 0. The standard InChI is InChI=1S/C26H30N6O2S/c1-19-8-3-4-9-22(19)23(35-26-27-18-28-31-26)25-30-29-24(34-25)20-10-12-21(13-11-20)33-17-7-16-32-14-5-2-6-15-32/h3-4,8-13,18,23H,2,5-7,14-17H2,1H3,(H,27,28,31). The van der Waals surface area contributed by atoms with Crippen molar-refractivity contribution in [3.05, 3.63) is 71.9 Å². The van der Waals surface area contributed by atoms with Crippen LogP contribution < -0.4 is 4.74 Å². The maximum atomic E-state index is 6.14. The highest BCUT2D eigenvalue weighted by molar-refractivity contribution is 7.99. The lowest BCUT2D eigenvalue weighted by Gasteiger charge is -2.26. The van der Waals surface area contributed by atoms with Gasteiger partial charge in [0, 0.05) is 12.1 Å². The molecule has 5 rings (SSSR count). The van der Waals surface area contributed by atoms with Crippen molar-refractivity contribution in [3.8, 4) is 17.2 Å². The molecule has 1 aliphatic heterocycles. The number of benzene rings is 2. The monoisotopic (exact) mass is 490 g/mol. The van der Waals surface area contributed by atoms with Crippen LogP contribution in [-0.2, 0) is 0 Å². The smallest absolute Gasteiger partial charge is 0.247 e. The second-order valence-electron chi connectivity index (χ2n) is 8.72. The van der Waals surface area contributed by atoms with E-state index in [4.69, 9.17) is 9.15 Å². The molecular weight excluding hydrogens is 460 g/mol. The van der Waals surface area contributed by atoms with Crippen molar-refractivity contribution in [1.82, 2.24) is 30.3 Å². The quantitative estimate of drug-likeness (QED) is 0.236. The van der Waals surface area contributed by atoms with Crippen molar-refractivity contribution in [3.63, 3.8) is 0 Å². The van der Waals surface area contributed by atoms with Gasteiger partial charge >= 0.3 is 0 Å². The molecule has 4 aromatic rings. The third-order valence-electron chi connectivity index (χ3n) is 6.20. The fourth-order valence-corrected chi connectivity index (χ4v) is 5.33. The van der Waals surface area contributed by atoms with Gasteiger partial charge in [0.25, 0.3) is 0 Å². The first-order valence-electron chi connectivity index (χ1n) is 12.1. The summed E-state index contributed by atoms with van der Waals surface area (Å²) in [5.74, 6) is 1.85. The number of hydrogen-bond acceptors (Lipinski definition) is 8. The predicted octanol–water partition coefficient (Wildman–Crippen LogP) is 5.30. The number of thioether (sulfide) groups is 1. The third kappa shape index (κ3) is 6.10. The first-order valence-corrected chi connectivity index (χ1v) is 13.0. The normalized spacial score (nSPS) is 15.2. The molecule has 1 N–H and O–H groups in total. The second kappa shape index (κ2) is 11.5. The number of piperidine rings is 1. The second-order valence-corrected chi connectivity index (χ2v) is 9.81. The largest absolute Gasteiger partial charge is 0.494 e. The number of ether oxygens (including phenoxy) is 1. The molecule has 182 valence electrons. The summed E-state index contributed by atoms with van der Waals surface area (Å²) in [6, 6.07) is 16.0. The lowest BCUT2D eigenvalue weighted by Crippen LogP contribution is -2.31. The van der Waals surface area contributed by atoms with E-state index in [9.17, 15) is 0 Å². The van der Waals surface area contributed by atoms with Crippen LogP contribution in [0.1, 0.15) is 48.0 Å². The highest BCUT2D eigenvalue weighted by Crippen LogP contribution is 2.40. The molecule has 1 aliphatic rings. The summed E-state index contributed by atoms with van der Waals surface area (Å²) in [6.45, 7) is 6.35. The summed E-state index contributed by atoms with van der Waals surface area (Å²) >= 11 is 1.50. The summed E-state index contributed by atoms with van der Waals surface area (Å²) in [5.41, 5.74) is 3.10. The van der Waals surface area contributed by atoms with Crippen molar-refractivity contribution in [1.29, 1.82) is 0 Å². The SMILES string of the molecule is Cc1ccccc1C(Sc1ncn[nH]1)c1nnc(-c2ccc(OCCCN3CCCCC3)cc2)o1. The van der Waals surface area contributed by atoms with Crippen LogP contribution in [-0.4, -0.2) is 56.5 Å². The Bertz CT molecular complexity index is 1190. The Balaban J connectivity index is 1.24. The average Bonchev–Trinajstić information content (AvgIpc) is 3.59. The topological polar surface area (TPSA) is 93.0 Å².